The molecule has 2 N–H and O–H groups in total. The van der Waals surface area contributed by atoms with Gasteiger partial charge in [0.1, 0.15) is 5.82 Å². The minimum Gasteiger partial charge on any atom is -0.469 e. The maximum Gasteiger partial charge on any atom is 0.309 e. The Bertz CT molecular complexity index is 452. The number of carbonyl (C=O) groups excluding carboxylic acids is 1. The summed E-state index contributed by atoms with van der Waals surface area (Å²) in [5.74, 6) is -1.07. The Morgan fingerprint density at radius 2 is 2.31 bits per heavy atom. The summed E-state index contributed by atoms with van der Waals surface area (Å²) in [7, 11) is 1.24. The standard InChI is InChI=1S/C11H11FN2O2/c1-16-11(15)4-8-2-7(5-13)3-10(12)9(8)6-14/h2-3H,4,6,14H2,1H3. The molecular formula is C11H11FN2O2. The first-order chi connectivity index (χ1) is 7.62. The summed E-state index contributed by atoms with van der Waals surface area (Å²) in [5, 5.41) is 8.68. The molecule has 5 heteroatoms. The lowest BCUT2D eigenvalue weighted by Crippen LogP contribution is -2.11. The van der Waals surface area contributed by atoms with Crippen LogP contribution in [0.15, 0.2) is 12.1 Å². The van der Waals surface area contributed by atoms with E-state index in [0.717, 1.165) is 6.07 Å². The summed E-state index contributed by atoms with van der Waals surface area (Å²) in [4.78, 5) is 11.1. The Morgan fingerprint density at radius 3 is 2.81 bits per heavy atom. The highest BCUT2D eigenvalue weighted by Crippen LogP contribution is 2.17. The largest absolute Gasteiger partial charge is 0.469 e. The summed E-state index contributed by atoms with van der Waals surface area (Å²) in [6.07, 6.45) is -0.0878. The molecule has 0 radical (unpaired) electrons. The van der Waals surface area contributed by atoms with Gasteiger partial charge in [0, 0.05) is 12.1 Å². The van der Waals surface area contributed by atoms with Crippen LogP contribution in [0.4, 0.5) is 4.39 Å². The van der Waals surface area contributed by atoms with Gasteiger partial charge in [-0.3, -0.25) is 4.79 Å². The molecule has 0 spiro atoms. The van der Waals surface area contributed by atoms with Crippen molar-refractivity contribution in [1.82, 2.24) is 0 Å². The Kier molecular flexibility index (Phi) is 3.97. The van der Waals surface area contributed by atoms with Gasteiger partial charge in [-0.25, -0.2) is 4.39 Å². The van der Waals surface area contributed by atoms with Crippen LogP contribution in [0.1, 0.15) is 16.7 Å². The van der Waals surface area contributed by atoms with Crippen molar-refractivity contribution in [2.75, 3.05) is 7.11 Å². The van der Waals surface area contributed by atoms with E-state index in [1.165, 1.54) is 13.2 Å². The van der Waals surface area contributed by atoms with Gasteiger partial charge >= 0.3 is 5.97 Å². The van der Waals surface area contributed by atoms with Gasteiger partial charge in [0.2, 0.25) is 0 Å². The van der Waals surface area contributed by atoms with E-state index in [1.807, 2.05) is 6.07 Å². The fourth-order valence-corrected chi connectivity index (χ4v) is 1.37. The average Bonchev–Trinajstić information content (AvgIpc) is 2.28. The van der Waals surface area contributed by atoms with E-state index >= 15 is 0 Å². The second kappa shape index (κ2) is 5.24. The van der Waals surface area contributed by atoms with Crippen molar-refractivity contribution in [3.63, 3.8) is 0 Å². The molecule has 0 heterocycles. The number of carbonyl (C=O) groups is 1. The fourth-order valence-electron chi connectivity index (χ4n) is 1.37. The molecule has 0 aromatic heterocycles. The van der Waals surface area contributed by atoms with Gasteiger partial charge < -0.3 is 10.5 Å². The minimum absolute atomic E-state index is 0.0239. The van der Waals surface area contributed by atoms with Crippen LogP contribution >= 0.6 is 0 Å². The molecule has 0 aliphatic rings. The van der Waals surface area contributed by atoms with Gasteiger partial charge in [-0.05, 0) is 17.7 Å². The van der Waals surface area contributed by atoms with Gasteiger partial charge in [0.05, 0.1) is 25.2 Å². The highest BCUT2D eigenvalue weighted by Gasteiger charge is 2.13. The Labute approximate surface area is 92.4 Å². The van der Waals surface area contributed by atoms with Crippen molar-refractivity contribution in [2.24, 2.45) is 5.73 Å². The van der Waals surface area contributed by atoms with E-state index in [2.05, 4.69) is 4.74 Å². The van der Waals surface area contributed by atoms with Crippen molar-refractivity contribution < 1.29 is 13.9 Å². The van der Waals surface area contributed by atoms with Crippen molar-refractivity contribution in [3.8, 4) is 6.07 Å². The molecule has 0 saturated carbocycles. The van der Waals surface area contributed by atoms with Gasteiger partial charge in [-0.1, -0.05) is 0 Å². The second-order valence-electron chi connectivity index (χ2n) is 3.16. The Hall–Kier alpha value is -1.93. The van der Waals surface area contributed by atoms with Crippen molar-refractivity contribution >= 4 is 5.97 Å². The predicted molar refractivity (Wildman–Crippen MR) is 54.7 cm³/mol. The lowest BCUT2D eigenvalue weighted by atomic mass is 10.0. The Balaban J connectivity index is 3.19. The predicted octanol–water partition coefficient (Wildman–Crippen LogP) is 0.872. The third-order valence-corrected chi connectivity index (χ3v) is 2.18. The van der Waals surface area contributed by atoms with Crippen LogP contribution in [0.3, 0.4) is 0 Å². The van der Waals surface area contributed by atoms with Crippen LogP contribution in [-0.2, 0) is 22.5 Å². The zero-order valence-electron chi connectivity index (χ0n) is 8.79. The lowest BCUT2D eigenvalue weighted by Gasteiger charge is -2.08. The zero-order valence-corrected chi connectivity index (χ0v) is 8.79. The maximum absolute atomic E-state index is 13.5. The van der Waals surface area contributed by atoms with E-state index in [1.54, 1.807) is 0 Å². The number of ether oxygens (including phenoxy) is 1. The van der Waals surface area contributed by atoms with Crippen molar-refractivity contribution in [3.05, 3.63) is 34.6 Å². The van der Waals surface area contributed by atoms with Gasteiger partial charge in [0.25, 0.3) is 0 Å². The monoisotopic (exact) mass is 222 g/mol. The molecule has 0 unspecified atom stereocenters. The average molecular weight is 222 g/mol. The van der Waals surface area contributed by atoms with Crippen LogP contribution in [-0.4, -0.2) is 13.1 Å². The topological polar surface area (TPSA) is 76.1 Å². The summed E-state index contributed by atoms with van der Waals surface area (Å²) >= 11 is 0. The smallest absolute Gasteiger partial charge is 0.309 e. The molecule has 0 aliphatic heterocycles. The van der Waals surface area contributed by atoms with Crippen LogP contribution in [0.2, 0.25) is 0 Å². The molecule has 1 aromatic carbocycles. The van der Waals surface area contributed by atoms with Crippen molar-refractivity contribution in [2.45, 2.75) is 13.0 Å². The summed E-state index contributed by atoms with van der Waals surface area (Å²) in [5.41, 5.74) is 6.18. The number of methoxy groups -OCH3 is 1. The van der Waals surface area contributed by atoms with Gasteiger partial charge in [0.15, 0.2) is 0 Å². The van der Waals surface area contributed by atoms with Crippen LogP contribution in [0, 0.1) is 17.1 Å². The molecule has 4 nitrogen and oxygen atoms in total. The van der Waals surface area contributed by atoms with Gasteiger partial charge in [-0.2, -0.15) is 5.26 Å². The Morgan fingerprint density at radius 1 is 1.62 bits per heavy atom. The van der Waals surface area contributed by atoms with Crippen molar-refractivity contribution in [1.29, 1.82) is 5.26 Å². The summed E-state index contributed by atoms with van der Waals surface area (Å²) in [6, 6.07) is 4.36. The molecule has 0 bridgehead atoms. The van der Waals surface area contributed by atoms with Crippen LogP contribution in [0.25, 0.3) is 0 Å². The second-order valence-corrected chi connectivity index (χ2v) is 3.16. The number of rotatable bonds is 3. The molecule has 0 atom stereocenters. The first-order valence-corrected chi connectivity index (χ1v) is 4.60. The first kappa shape index (κ1) is 12.1. The first-order valence-electron chi connectivity index (χ1n) is 4.60. The molecule has 0 aliphatic carbocycles. The van der Waals surface area contributed by atoms with E-state index in [-0.39, 0.29) is 24.1 Å². The normalized spacial score (nSPS) is 9.62. The molecule has 0 amide bonds. The quantitative estimate of drug-likeness (QED) is 0.770. The number of nitrogens with zero attached hydrogens (tertiary/aromatic N) is 1. The number of nitrogens with two attached hydrogens (primary N) is 1. The number of esters is 1. The molecule has 1 rings (SSSR count). The summed E-state index contributed by atoms with van der Waals surface area (Å²) < 4.78 is 18.0. The van der Waals surface area contributed by atoms with Crippen LogP contribution < -0.4 is 5.73 Å². The number of hydrogen-bond donors (Lipinski definition) is 1. The zero-order chi connectivity index (χ0) is 12.1. The molecular weight excluding hydrogens is 211 g/mol. The SMILES string of the molecule is COC(=O)Cc1cc(C#N)cc(F)c1CN. The highest BCUT2D eigenvalue weighted by atomic mass is 19.1. The highest BCUT2D eigenvalue weighted by molar-refractivity contribution is 5.73. The number of halogens is 1. The fraction of sp³-hybridized carbons (Fsp3) is 0.273. The number of benzene rings is 1. The number of nitriles is 1. The van der Waals surface area contributed by atoms with Crippen LogP contribution in [0.5, 0.6) is 0 Å². The van der Waals surface area contributed by atoms with Gasteiger partial charge in [-0.15, -0.1) is 0 Å². The summed E-state index contributed by atoms with van der Waals surface area (Å²) in [6.45, 7) is -0.0239. The minimum atomic E-state index is -0.569. The molecule has 16 heavy (non-hydrogen) atoms. The van der Waals surface area contributed by atoms with E-state index in [9.17, 15) is 9.18 Å². The van der Waals surface area contributed by atoms with E-state index < -0.39 is 11.8 Å². The third kappa shape index (κ3) is 2.55. The molecule has 1 aromatic rings. The number of hydrogen-bond acceptors (Lipinski definition) is 4. The molecule has 0 fully saturated rings. The van der Waals surface area contributed by atoms with E-state index in [0.29, 0.717) is 5.56 Å². The molecule has 84 valence electrons. The third-order valence-electron chi connectivity index (χ3n) is 2.18. The molecule has 0 saturated heterocycles. The maximum atomic E-state index is 13.5. The lowest BCUT2D eigenvalue weighted by molar-refractivity contribution is -0.139. The van der Waals surface area contributed by atoms with E-state index in [4.69, 9.17) is 11.0 Å².